The molecule has 6 nitrogen and oxygen atoms in total. The molecular formula is C19H25NO5. The molecule has 0 bridgehead atoms. The molecule has 0 saturated carbocycles. The van der Waals surface area contributed by atoms with Crippen molar-refractivity contribution in [3.63, 3.8) is 0 Å². The molecule has 0 aromatic heterocycles. The lowest BCUT2D eigenvalue weighted by molar-refractivity contribution is -0.134. The largest absolute Gasteiger partial charge is 0.504 e. The lowest BCUT2D eigenvalue weighted by Gasteiger charge is -2.23. The highest BCUT2D eigenvalue weighted by Gasteiger charge is 2.24. The molecule has 0 spiro atoms. The third-order valence-electron chi connectivity index (χ3n) is 4.17. The van der Waals surface area contributed by atoms with Crippen LogP contribution in [0.1, 0.15) is 27.2 Å². The third-order valence-corrected chi connectivity index (χ3v) is 4.17. The number of carbonyl (C=O) groups is 1. The van der Waals surface area contributed by atoms with Crippen molar-refractivity contribution in [3.8, 4) is 23.0 Å². The first kappa shape index (κ1) is 18.7. The van der Waals surface area contributed by atoms with Crippen LogP contribution in [-0.4, -0.2) is 38.4 Å². The molecule has 1 N–H and O–H groups in total. The standard InChI is InChI=1S/C19H25NO5/c1-6-15(21)25-17-14-11-12(20(7-2)8-3)9-10-13(14)16(22)18(23-4)19(17)24-5/h9-11,22H,6-8H2,1-5H3. The zero-order valence-corrected chi connectivity index (χ0v) is 15.4. The Kier molecular flexibility index (Phi) is 5.96. The van der Waals surface area contributed by atoms with Gasteiger partial charge in [0.25, 0.3) is 0 Å². The van der Waals surface area contributed by atoms with Crippen LogP contribution in [0.4, 0.5) is 5.69 Å². The molecule has 2 aromatic carbocycles. The van der Waals surface area contributed by atoms with Gasteiger partial charge in [0, 0.05) is 36.0 Å². The molecule has 0 amide bonds. The normalized spacial score (nSPS) is 10.6. The molecule has 6 heteroatoms. The number of methoxy groups -OCH3 is 2. The minimum atomic E-state index is -0.388. The SMILES string of the molecule is CCC(=O)Oc1c(OC)c(OC)c(O)c2ccc(N(CC)CC)cc12. The van der Waals surface area contributed by atoms with Crippen LogP contribution < -0.4 is 19.1 Å². The zero-order valence-electron chi connectivity index (χ0n) is 15.4. The molecule has 2 rings (SSSR count). The number of rotatable bonds is 7. The summed E-state index contributed by atoms with van der Waals surface area (Å²) in [5.41, 5.74) is 0.970. The van der Waals surface area contributed by atoms with E-state index in [-0.39, 0.29) is 35.4 Å². The number of phenolic OH excluding ortho intramolecular Hbond substituents is 1. The van der Waals surface area contributed by atoms with Crippen LogP contribution in [0.5, 0.6) is 23.0 Å². The van der Waals surface area contributed by atoms with Gasteiger partial charge in [-0.05, 0) is 32.0 Å². The molecule has 25 heavy (non-hydrogen) atoms. The number of benzene rings is 2. The fraction of sp³-hybridized carbons (Fsp3) is 0.421. The Hall–Kier alpha value is -2.63. The monoisotopic (exact) mass is 347 g/mol. The Morgan fingerprint density at radius 1 is 1.00 bits per heavy atom. The number of aromatic hydroxyl groups is 1. The number of ether oxygens (including phenoxy) is 3. The van der Waals surface area contributed by atoms with E-state index in [1.807, 2.05) is 12.1 Å². The number of carbonyl (C=O) groups excluding carboxylic acids is 1. The molecule has 0 aliphatic carbocycles. The molecule has 0 aliphatic rings. The highest BCUT2D eigenvalue weighted by molar-refractivity contribution is 6.01. The molecule has 136 valence electrons. The second-order valence-electron chi connectivity index (χ2n) is 5.47. The molecule has 2 aromatic rings. The number of hydrogen-bond donors (Lipinski definition) is 1. The van der Waals surface area contributed by atoms with Crippen molar-refractivity contribution in [2.45, 2.75) is 27.2 Å². The van der Waals surface area contributed by atoms with Gasteiger partial charge in [-0.2, -0.15) is 0 Å². The molecule has 0 heterocycles. The lowest BCUT2D eigenvalue weighted by Crippen LogP contribution is -2.21. The first-order valence-electron chi connectivity index (χ1n) is 8.38. The maximum Gasteiger partial charge on any atom is 0.311 e. The maximum atomic E-state index is 11.9. The van der Waals surface area contributed by atoms with Crippen LogP contribution in [0.2, 0.25) is 0 Å². The van der Waals surface area contributed by atoms with E-state index in [0.29, 0.717) is 10.8 Å². The minimum absolute atomic E-state index is 0.0447. The maximum absolute atomic E-state index is 11.9. The van der Waals surface area contributed by atoms with Crippen molar-refractivity contribution < 1.29 is 24.1 Å². The van der Waals surface area contributed by atoms with Gasteiger partial charge in [-0.25, -0.2) is 0 Å². The minimum Gasteiger partial charge on any atom is -0.504 e. The summed E-state index contributed by atoms with van der Waals surface area (Å²) in [7, 11) is 2.87. The van der Waals surface area contributed by atoms with Gasteiger partial charge in [0.05, 0.1) is 14.2 Å². The van der Waals surface area contributed by atoms with Crippen molar-refractivity contribution >= 4 is 22.4 Å². The number of hydrogen-bond acceptors (Lipinski definition) is 6. The van der Waals surface area contributed by atoms with Gasteiger partial charge < -0.3 is 24.2 Å². The van der Waals surface area contributed by atoms with Crippen molar-refractivity contribution in [2.75, 3.05) is 32.2 Å². The highest BCUT2D eigenvalue weighted by Crippen LogP contribution is 2.51. The highest BCUT2D eigenvalue weighted by atomic mass is 16.6. The van der Waals surface area contributed by atoms with Gasteiger partial charge in [0.1, 0.15) is 0 Å². The average Bonchev–Trinajstić information content (AvgIpc) is 2.64. The summed E-state index contributed by atoms with van der Waals surface area (Å²) in [6, 6.07) is 5.61. The van der Waals surface area contributed by atoms with Crippen molar-refractivity contribution in [2.24, 2.45) is 0 Å². The van der Waals surface area contributed by atoms with Gasteiger partial charge in [0.15, 0.2) is 11.5 Å². The number of nitrogens with zero attached hydrogens (tertiary/aromatic N) is 1. The molecular weight excluding hydrogens is 322 g/mol. The average molecular weight is 347 g/mol. The van der Waals surface area contributed by atoms with E-state index < -0.39 is 0 Å². The molecule has 0 fully saturated rings. The van der Waals surface area contributed by atoms with Gasteiger partial charge in [0.2, 0.25) is 11.5 Å². The smallest absolute Gasteiger partial charge is 0.311 e. The molecule has 0 radical (unpaired) electrons. The van der Waals surface area contributed by atoms with Gasteiger partial charge in [-0.1, -0.05) is 6.92 Å². The predicted octanol–water partition coefficient (Wildman–Crippen LogP) is 3.72. The Balaban J connectivity index is 2.82. The van der Waals surface area contributed by atoms with Gasteiger partial charge in [-0.15, -0.1) is 0 Å². The predicted molar refractivity (Wildman–Crippen MR) is 98.2 cm³/mol. The second-order valence-corrected chi connectivity index (χ2v) is 5.47. The summed E-state index contributed by atoms with van der Waals surface area (Å²) in [6.07, 6.45) is 0.226. The quantitative estimate of drug-likeness (QED) is 0.608. The topological polar surface area (TPSA) is 68.2 Å². The van der Waals surface area contributed by atoms with Crippen LogP contribution in [0.3, 0.4) is 0 Å². The van der Waals surface area contributed by atoms with Crippen LogP contribution >= 0.6 is 0 Å². The summed E-state index contributed by atoms with van der Waals surface area (Å²) < 4.78 is 16.2. The van der Waals surface area contributed by atoms with E-state index in [9.17, 15) is 9.90 Å². The summed E-state index contributed by atoms with van der Waals surface area (Å²) in [5.74, 6) is 0.167. The summed E-state index contributed by atoms with van der Waals surface area (Å²) in [6.45, 7) is 7.53. The summed E-state index contributed by atoms with van der Waals surface area (Å²) in [5, 5.41) is 11.7. The molecule has 0 unspecified atom stereocenters. The summed E-state index contributed by atoms with van der Waals surface area (Å²) >= 11 is 0. The van der Waals surface area contributed by atoms with E-state index in [1.54, 1.807) is 13.0 Å². The Morgan fingerprint density at radius 2 is 1.64 bits per heavy atom. The zero-order chi connectivity index (χ0) is 18.6. The first-order chi connectivity index (χ1) is 12.0. The Labute approximate surface area is 147 Å². The van der Waals surface area contributed by atoms with E-state index in [4.69, 9.17) is 14.2 Å². The van der Waals surface area contributed by atoms with Crippen LogP contribution in [0.15, 0.2) is 18.2 Å². The van der Waals surface area contributed by atoms with E-state index >= 15 is 0 Å². The van der Waals surface area contributed by atoms with E-state index in [1.165, 1.54) is 14.2 Å². The Bertz CT molecular complexity index is 768. The number of esters is 1. The number of phenols is 1. The van der Waals surface area contributed by atoms with Crippen LogP contribution in [0, 0.1) is 0 Å². The fourth-order valence-corrected chi connectivity index (χ4v) is 2.83. The first-order valence-corrected chi connectivity index (χ1v) is 8.38. The van der Waals surface area contributed by atoms with Crippen molar-refractivity contribution in [1.29, 1.82) is 0 Å². The molecule has 0 saturated heterocycles. The van der Waals surface area contributed by atoms with Crippen LogP contribution in [0.25, 0.3) is 10.8 Å². The van der Waals surface area contributed by atoms with Gasteiger partial charge >= 0.3 is 5.97 Å². The second kappa shape index (κ2) is 7.96. The molecule has 0 aliphatic heterocycles. The third kappa shape index (κ3) is 3.43. The van der Waals surface area contributed by atoms with Gasteiger partial charge in [-0.3, -0.25) is 4.79 Å². The lowest BCUT2D eigenvalue weighted by atomic mass is 10.0. The Morgan fingerprint density at radius 3 is 2.16 bits per heavy atom. The fourth-order valence-electron chi connectivity index (χ4n) is 2.83. The van der Waals surface area contributed by atoms with Crippen molar-refractivity contribution in [3.05, 3.63) is 18.2 Å². The van der Waals surface area contributed by atoms with Crippen LogP contribution in [-0.2, 0) is 4.79 Å². The summed E-state index contributed by atoms with van der Waals surface area (Å²) in [4.78, 5) is 14.1. The molecule has 0 atom stereocenters. The number of fused-ring (bicyclic) bond motifs is 1. The van der Waals surface area contributed by atoms with E-state index in [2.05, 4.69) is 18.7 Å². The van der Waals surface area contributed by atoms with Crippen molar-refractivity contribution in [1.82, 2.24) is 0 Å². The number of anilines is 1. The van der Waals surface area contributed by atoms with E-state index in [0.717, 1.165) is 18.8 Å².